The number of ether oxygens (including phenoxy) is 1. The van der Waals surface area contributed by atoms with Gasteiger partial charge < -0.3 is 15.8 Å². The number of nitrogens with two attached hydrogens (primary N) is 1. The number of piperidine rings is 1. The Morgan fingerprint density at radius 3 is 3.00 bits per heavy atom. The average Bonchev–Trinajstić information content (AvgIpc) is 2.40. The molecule has 1 aliphatic rings. The highest BCUT2D eigenvalue weighted by atomic mass is 16.5. The number of aromatic nitrogens is 1. The first-order chi connectivity index (χ1) is 8.77. The lowest BCUT2D eigenvalue weighted by atomic mass is 10.1. The third-order valence-corrected chi connectivity index (χ3v) is 3.11. The summed E-state index contributed by atoms with van der Waals surface area (Å²) >= 11 is 0. The van der Waals surface area contributed by atoms with Gasteiger partial charge in [0, 0.05) is 12.6 Å². The molecule has 0 aromatic carbocycles. The molecule has 1 aromatic heterocycles. The molecule has 98 valence electrons. The summed E-state index contributed by atoms with van der Waals surface area (Å²) < 4.78 is 5.69. The van der Waals surface area contributed by atoms with Crippen molar-refractivity contribution in [2.45, 2.75) is 25.4 Å². The van der Waals surface area contributed by atoms with Crippen LogP contribution in [0.2, 0.25) is 0 Å². The Hall–Kier alpha value is -1.46. The number of nitrogen functional groups attached to an aromatic ring is 1. The molecule has 0 unspecified atom stereocenters. The molecule has 2 heterocycles. The number of carbonyl (C=O) groups is 1. The number of hydrogen-bond acceptors (Lipinski definition) is 5. The monoisotopic (exact) mass is 249 g/mol. The van der Waals surface area contributed by atoms with Gasteiger partial charge in [-0.3, -0.25) is 4.79 Å². The number of hydrogen-bond donors (Lipinski definition) is 2. The second kappa shape index (κ2) is 6.47. The first-order valence-corrected chi connectivity index (χ1v) is 6.33. The summed E-state index contributed by atoms with van der Waals surface area (Å²) in [5.74, 6) is 0.291. The van der Waals surface area contributed by atoms with Crippen molar-refractivity contribution in [2.75, 3.05) is 25.4 Å². The SMILES string of the molecule is Nc1ncccc1C(=O)CCOC1CCNCC1. The number of carbonyl (C=O) groups excluding carboxylic acids is 1. The molecule has 0 amide bonds. The number of ketones is 1. The Morgan fingerprint density at radius 1 is 1.50 bits per heavy atom. The van der Waals surface area contributed by atoms with Crippen molar-refractivity contribution in [3.63, 3.8) is 0 Å². The molecule has 5 nitrogen and oxygen atoms in total. The van der Waals surface area contributed by atoms with Gasteiger partial charge in [0.1, 0.15) is 5.82 Å². The highest BCUT2D eigenvalue weighted by Gasteiger charge is 2.15. The van der Waals surface area contributed by atoms with Crippen molar-refractivity contribution >= 4 is 11.6 Å². The highest BCUT2D eigenvalue weighted by molar-refractivity contribution is 5.99. The predicted octanol–water partition coefficient (Wildman–Crippen LogP) is 1.01. The van der Waals surface area contributed by atoms with Crippen LogP contribution in [0.4, 0.5) is 5.82 Å². The van der Waals surface area contributed by atoms with Crippen LogP contribution in [0.3, 0.4) is 0 Å². The van der Waals surface area contributed by atoms with Gasteiger partial charge in [-0.15, -0.1) is 0 Å². The van der Waals surface area contributed by atoms with Gasteiger partial charge in [0.25, 0.3) is 0 Å². The zero-order valence-corrected chi connectivity index (χ0v) is 10.4. The van der Waals surface area contributed by atoms with E-state index in [9.17, 15) is 4.79 Å². The van der Waals surface area contributed by atoms with E-state index >= 15 is 0 Å². The van der Waals surface area contributed by atoms with Crippen LogP contribution >= 0.6 is 0 Å². The molecule has 0 aliphatic carbocycles. The summed E-state index contributed by atoms with van der Waals surface area (Å²) in [6.07, 6.45) is 4.26. The van der Waals surface area contributed by atoms with E-state index in [1.165, 1.54) is 0 Å². The summed E-state index contributed by atoms with van der Waals surface area (Å²) in [6, 6.07) is 3.42. The quantitative estimate of drug-likeness (QED) is 0.761. The minimum absolute atomic E-state index is 0.00506. The largest absolute Gasteiger partial charge is 0.383 e. The molecule has 0 atom stereocenters. The Balaban J connectivity index is 1.76. The fourth-order valence-corrected chi connectivity index (χ4v) is 2.07. The molecule has 0 saturated carbocycles. The van der Waals surface area contributed by atoms with E-state index in [1.807, 2.05) is 0 Å². The maximum Gasteiger partial charge on any atom is 0.168 e. The second-order valence-corrected chi connectivity index (χ2v) is 4.43. The zero-order valence-electron chi connectivity index (χ0n) is 10.4. The van der Waals surface area contributed by atoms with Gasteiger partial charge in [-0.05, 0) is 38.1 Å². The van der Waals surface area contributed by atoms with Crippen molar-refractivity contribution in [1.82, 2.24) is 10.3 Å². The first kappa shape index (κ1) is 13.0. The minimum atomic E-state index is -0.00506. The van der Waals surface area contributed by atoms with Crippen LogP contribution in [0.15, 0.2) is 18.3 Å². The first-order valence-electron chi connectivity index (χ1n) is 6.33. The third-order valence-electron chi connectivity index (χ3n) is 3.11. The number of anilines is 1. The highest BCUT2D eigenvalue weighted by Crippen LogP contribution is 2.12. The lowest BCUT2D eigenvalue weighted by Crippen LogP contribution is -2.32. The summed E-state index contributed by atoms with van der Waals surface area (Å²) in [7, 11) is 0. The maximum atomic E-state index is 11.9. The summed E-state index contributed by atoms with van der Waals surface area (Å²) in [5.41, 5.74) is 6.15. The van der Waals surface area contributed by atoms with E-state index in [-0.39, 0.29) is 11.9 Å². The normalized spacial score (nSPS) is 16.7. The van der Waals surface area contributed by atoms with Crippen LogP contribution in [0.1, 0.15) is 29.6 Å². The molecular weight excluding hydrogens is 230 g/mol. The summed E-state index contributed by atoms with van der Waals surface area (Å²) in [6.45, 7) is 2.44. The Bertz CT molecular complexity index is 403. The van der Waals surface area contributed by atoms with Crippen LogP contribution in [-0.4, -0.2) is 36.6 Å². The molecule has 2 rings (SSSR count). The maximum absolute atomic E-state index is 11.9. The van der Waals surface area contributed by atoms with E-state index in [1.54, 1.807) is 18.3 Å². The van der Waals surface area contributed by atoms with Gasteiger partial charge in [-0.1, -0.05) is 0 Å². The predicted molar refractivity (Wildman–Crippen MR) is 69.4 cm³/mol. The average molecular weight is 249 g/mol. The van der Waals surface area contributed by atoms with Gasteiger partial charge in [0.05, 0.1) is 18.3 Å². The molecule has 1 saturated heterocycles. The lowest BCUT2D eigenvalue weighted by Gasteiger charge is -2.22. The molecule has 0 radical (unpaired) electrons. The van der Waals surface area contributed by atoms with Crippen LogP contribution in [0.5, 0.6) is 0 Å². The fraction of sp³-hybridized carbons (Fsp3) is 0.538. The molecule has 18 heavy (non-hydrogen) atoms. The molecule has 0 bridgehead atoms. The summed E-state index contributed by atoms with van der Waals surface area (Å²) in [4.78, 5) is 15.8. The van der Waals surface area contributed by atoms with Crippen molar-refractivity contribution in [2.24, 2.45) is 0 Å². The van der Waals surface area contributed by atoms with Gasteiger partial charge in [-0.25, -0.2) is 4.98 Å². The van der Waals surface area contributed by atoms with E-state index in [0.29, 0.717) is 24.4 Å². The van der Waals surface area contributed by atoms with Gasteiger partial charge in [0.15, 0.2) is 5.78 Å². The van der Waals surface area contributed by atoms with E-state index in [0.717, 1.165) is 25.9 Å². The molecule has 5 heteroatoms. The summed E-state index contributed by atoms with van der Waals surface area (Å²) in [5, 5.41) is 3.28. The molecule has 3 N–H and O–H groups in total. The standard InChI is InChI=1S/C13H19N3O2/c14-13-11(2-1-6-16-13)12(17)5-9-18-10-3-7-15-8-4-10/h1-2,6,10,15H,3-5,7-9H2,(H2,14,16). The van der Waals surface area contributed by atoms with Crippen LogP contribution in [0.25, 0.3) is 0 Å². The fourth-order valence-electron chi connectivity index (χ4n) is 2.07. The number of rotatable bonds is 5. The van der Waals surface area contributed by atoms with Crippen molar-refractivity contribution in [1.29, 1.82) is 0 Å². The zero-order chi connectivity index (χ0) is 12.8. The minimum Gasteiger partial charge on any atom is -0.383 e. The third kappa shape index (κ3) is 3.51. The van der Waals surface area contributed by atoms with Gasteiger partial charge in [-0.2, -0.15) is 0 Å². The Kier molecular flexibility index (Phi) is 4.66. The molecular formula is C13H19N3O2. The van der Waals surface area contributed by atoms with Gasteiger partial charge >= 0.3 is 0 Å². The number of nitrogens with zero attached hydrogens (tertiary/aromatic N) is 1. The van der Waals surface area contributed by atoms with E-state index < -0.39 is 0 Å². The number of Topliss-reactive ketones (excluding diaryl/α,β-unsaturated/α-hetero) is 1. The van der Waals surface area contributed by atoms with Gasteiger partial charge in [0.2, 0.25) is 0 Å². The topological polar surface area (TPSA) is 77.2 Å². The van der Waals surface area contributed by atoms with Crippen LogP contribution in [0, 0.1) is 0 Å². The number of nitrogens with one attached hydrogen (secondary N) is 1. The van der Waals surface area contributed by atoms with Crippen LogP contribution < -0.4 is 11.1 Å². The van der Waals surface area contributed by atoms with Crippen molar-refractivity contribution in [3.05, 3.63) is 23.9 Å². The van der Waals surface area contributed by atoms with E-state index in [4.69, 9.17) is 10.5 Å². The Morgan fingerprint density at radius 2 is 2.28 bits per heavy atom. The molecule has 1 fully saturated rings. The molecule has 1 aliphatic heterocycles. The second-order valence-electron chi connectivity index (χ2n) is 4.43. The Labute approximate surface area is 107 Å². The molecule has 0 spiro atoms. The van der Waals surface area contributed by atoms with Crippen molar-refractivity contribution in [3.8, 4) is 0 Å². The van der Waals surface area contributed by atoms with Crippen LogP contribution in [-0.2, 0) is 4.74 Å². The number of pyridine rings is 1. The van der Waals surface area contributed by atoms with E-state index in [2.05, 4.69) is 10.3 Å². The molecule has 1 aromatic rings. The smallest absolute Gasteiger partial charge is 0.168 e. The lowest BCUT2D eigenvalue weighted by molar-refractivity contribution is 0.0314. The van der Waals surface area contributed by atoms with Crippen molar-refractivity contribution < 1.29 is 9.53 Å².